The summed E-state index contributed by atoms with van der Waals surface area (Å²) in [4.78, 5) is 14.8. The summed E-state index contributed by atoms with van der Waals surface area (Å²) in [6, 6.07) is 0. The molecule has 0 amide bonds. The number of hydrogen-bond acceptors (Lipinski definition) is 5. The molecule has 2 saturated heterocycles. The van der Waals surface area contributed by atoms with Crippen molar-refractivity contribution in [3.8, 4) is 0 Å². The summed E-state index contributed by atoms with van der Waals surface area (Å²) in [7, 11) is 0. The Hall–Kier alpha value is -0.650. The van der Waals surface area contributed by atoms with Crippen LogP contribution in [0.3, 0.4) is 0 Å². The first-order chi connectivity index (χ1) is 9.51. The molecular formula is C15H31N3O2. The highest BCUT2D eigenvalue weighted by Crippen LogP contribution is 2.06. The Bertz CT molecular complexity index is 254. The van der Waals surface area contributed by atoms with Gasteiger partial charge in [0, 0.05) is 39.3 Å². The maximum Gasteiger partial charge on any atom is 0.293 e. The topological polar surface area (TPSA) is 44.8 Å². The van der Waals surface area contributed by atoms with Gasteiger partial charge in [-0.25, -0.2) is 0 Å². The van der Waals surface area contributed by atoms with E-state index in [9.17, 15) is 4.79 Å². The van der Waals surface area contributed by atoms with Crippen LogP contribution in [0.2, 0.25) is 0 Å². The molecule has 5 heteroatoms. The first kappa shape index (κ1) is 17.4. The quantitative estimate of drug-likeness (QED) is 0.779. The van der Waals surface area contributed by atoms with E-state index < -0.39 is 0 Å². The molecule has 0 saturated carbocycles. The van der Waals surface area contributed by atoms with E-state index in [-0.39, 0.29) is 5.60 Å². The van der Waals surface area contributed by atoms with Gasteiger partial charge in [0.05, 0.1) is 0 Å². The number of carbonyl (C=O) groups excluding carboxylic acids is 1. The zero-order valence-corrected chi connectivity index (χ0v) is 13.4. The van der Waals surface area contributed by atoms with Crippen molar-refractivity contribution in [1.82, 2.24) is 15.1 Å². The van der Waals surface area contributed by atoms with Crippen LogP contribution in [0.4, 0.5) is 0 Å². The molecule has 0 aromatic rings. The minimum Gasteiger partial charge on any atom is -0.462 e. The van der Waals surface area contributed by atoms with Gasteiger partial charge in [-0.05, 0) is 46.7 Å². The third-order valence-electron chi connectivity index (χ3n) is 3.54. The molecule has 0 aliphatic carbocycles. The molecule has 0 aromatic carbocycles. The van der Waals surface area contributed by atoms with Crippen molar-refractivity contribution in [2.75, 3.05) is 52.4 Å². The summed E-state index contributed by atoms with van der Waals surface area (Å²) < 4.78 is 4.55. The zero-order chi connectivity index (χ0) is 14.8. The Labute approximate surface area is 123 Å². The molecule has 0 spiro atoms. The van der Waals surface area contributed by atoms with Crippen LogP contribution in [-0.2, 0) is 9.53 Å². The van der Waals surface area contributed by atoms with Gasteiger partial charge < -0.3 is 15.0 Å². The highest BCUT2D eigenvalue weighted by molar-refractivity contribution is 5.37. The minimum atomic E-state index is -0.318. The van der Waals surface area contributed by atoms with Crippen molar-refractivity contribution in [3.63, 3.8) is 0 Å². The third kappa shape index (κ3) is 8.51. The fourth-order valence-corrected chi connectivity index (χ4v) is 2.37. The molecule has 5 nitrogen and oxygen atoms in total. The molecule has 2 rings (SSSR count). The highest BCUT2D eigenvalue weighted by Gasteiger charge is 2.14. The van der Waals surface area contributed by atoms with Crippen LogP contribution in [0.5, 0.6) is 0 Å². The van der Waals surface area contributed by atoms with Gasteiger partial charge >= 0.3 is 0 Å². The molecule has 2 aliphatic rings. The smallest absolute Gasteiger partial charge is 0.293 e. The molecule has 118 valence electrons. The van der Waals surface area contributed by atoms with E-state index >= 15 is 0 Å². The van der Waals surface area contributed by atoms with Gasteiger partial charge in [-0.2, -0.15) is 0 Å². The van der Waals surface area contributed by atoms with Gasteiger partial charge in [-0.3, -0.25) is 9.69 Å². The standard InChI is InChI=1S/C10H21N3.C5H10O2/c1-2-6-12(5-1)9-10-13-7-3-11-4-8-13;1-5(2,3)7-4-6/h11H,1-10H2;4H,1-3H3. The van der Waals surface area contributed by atoms with E-state index in [1.807, 2.05) is 20.8 Å². The molecule has 1 N–H and O–H groups in total. The average molecular weight is 285 g/mol. The Kier molecular flexibility index (Phi) is 8.11. The van der Waals surface area contributed by atoms with Crippen LogP contribution in [0, 0.1) is 0 Å². The van der Waals surface area contributed by atoms with Gasteiger partial charge in [0.25, 0.3) is 6.47 Å². The predicted octanol–water partition coefficient (Wildman–Crippen LogP) is 0.945. The van der Waals surface area contributed by atoms with Crippen molar-refractivity contribution in [2.45, 2.75) is 39.2 Å². The van der Waals surface area contributed by atoms with E-state index in [4.69, 9.17) is 0 Å². The van der Waals surface area contributed by atoms with Gasteiger partial charge in [0.15, 0.2) is 0 Å². The summed E-state index contributed by atoms with van der Waals surface area (Å²) in [6.45, 7) is 16.0. The summed E-state index contributed by atoms with van der Waals surface area (Å²) in [5.74, 6) is 0. The Morgan fingerprint density at radius 2 is 1.50 bits per heavy atom. The minimum absolute atomic E-state index is 0.318. The summed E-state index contributed by atoms with van der Waals surface area (Å²) in [5.41, 5.74) is -0.318. The van der Waals surface area contributed by atoms with E-state index in [1.54, 1.807) is 0 Å². The first-order valence-corrected chi connectivity index (χ1v) is 7.78. The molecular weight excluding hydrogens is 254 g/mol. The molecule has 0 unspecified atom stereocenters. The number of nitrogens with one attached hydrogen (secondary N) is 1. The number of ether oxygens (including phenoxy) is 1. The second-order valence-corrected chi connectivity index (χ2v) is 6.47. The number of hydrogen-bond donors (Lipinski definition) is 1. The largest absolute Gasteiger partial charge is 0.462 e. The number of nitrogens with zero attached hydrogens (tertiary/aromatic N) is 2. The lowest BCUT2D eigenvalue weighted by molar-refractivity contribution is -0.138. The van der Waals surface area contributed by atoms with Crippen molar-refractivity contribution in [2.24, 2.45) is 0 Å². The second kappa shape index (κ2) is 9.32. The maximum atomic E-state index is 9.60. The number of carbonyl (C=O) groups is 1. The Morgan fingerprint density at radius 3 is 1.90 bits per heavy atom. The molecule has 0 bridgehead atoms. The molecule has 2 aliphatic heterocycles. The number of likely N-dealkylation sites (tertiary alicyclic amines) is 1. The van der Waals surface area contributed by atoms with Crippen molar-refractivity contribution < 1.29 is 9.53 Å². The van der Waals surface area contributed by atoms with Crippen LogP contribution in [-0.4, -0.2) is 74.2 Å². The van der Waals surface area contributed by atoms with Crippen molar-refractivity contribution in [3.05, 3.63) is 0 Å². The second-order valence-electron chi connectivity index (χ2n) is 6.47. The first-order valence-electron chi connectivity index (χ1n) is 7.78. The lowest BCUT2D eigenvalue weighted by Gasteiger charge is -2.28. The molecule has 20 heavy (non-hydrogen) atoms. The lowest BCUT2D eigenvalue weighted by atomic mass is 10.2. The van der Waals surface area contributed by atoms with Crippen LogP contribution >= 0.6 is 0 Å². The van der Waals surface area contributed by atoms with Crippen LogP contribution in [0.25, 0.3) is 0 Å². The SMILES string of the molecule is C1CCN(CCN2CCNCC2)C1.CC(C)(C)OC=O. The monoisotopic (exact) mass is 285 g/mol. The number of piperazine rings is 1. The summed E-state index contributed by atoms with van der Waals surface area (Å²) in [5, 5.41) is 3.39. The molecule has 2 heterocycles. The van der Waals surface area contributed by atoms with Crippen molar-refractivity contribution in [1.29, 1.82) is 0 Å². The van der Waals surface area contributed by atoms with Gasteiger partial charge in [-0.15, -0.1) is 0 Å². The summed E-state index contributed by atoms with van der Waals surface area (Å²) in [6.07, 6.45) is 2.84. The fraction of sp³-hybridized carbons (Fsp3) is 0.933. The maximum absolute atomic E-state index is 9.60. The van der Waals surface area contributed by atoms with Gasteiger partial charge in [0.2, 0.25) is 0 Å². The molecule has 0 atom stereocenters. The van der Waals surface area contributed by atoms with E-state index in [0.717, 1.165) is 0 Å². The zero-order valence-electron chi connectivity index (χ0n) is 13.4. The molecule has 2 fully saturated rings. The van der Waals surface area contributed by atoms with Crippen LogP contribution in [0.15, 0.2) is 0 Å². The average Bonchev–Trinajstić information content (AvgIpc) is 2.90. The molecule has 0 radical (unpaired) electrons. The van der Waals surface area contributed by atoms with Crippen LogP contribution < -0.4 is 5.32 Å². The summed E-state index contributed by atoms with van der Waals surface area (Å²) >= 11 is 0. The Balaban J connectivity index is 0.000000246. The lowest BCUT2D eigenvalue weighted by Crippen LogP contribution is -2.46. The predicted molar refractivity (Wildman–Crippen MR) is 81.9 cm³/mol. The van der Waals surface area contributed by atoms with E-state index in [1.165, 1.54) is 65.2 Å². The van der Waals surface area contributed by atoms with Gasteiger partial charge in [0.1, 0.15) is 5.60 Å². The van der Waals surface area contributed by atoms with Crippen molar-refractivity contribution >= 4 is 6.47 Å². The Morgan fingerprint density at radius 1 is 1.00 bits per heavy atom. The fourth-order valence-electron chi connectivity index (χ4n) is 2.37. The van der Waals surface area contributed by atoms with Gasteiger partial charge in [-0.1, -0.05) is 0 Å². The molecule has 0 aromatic heterocycles. The number of rotatable bonds is 4. The van der Waals surface area contributed by atoms with E-state index in [2.05, 4.69) is 19.9 Å². The van der Waals surface area contributed by atoms with Crippen LogP contribution in [0.1, 0.15) is 33.6 Å². The normalized spacial score (nSPS) is 21.1. The third-order valence-corrected chi connectivity index (χ3v) is 3.54. The van der Waals surface area contributed by atoms with E-state index in [0.29, 0.717) is 6.47 Å². The highest BCUT2D eigenvalue weighted by atomic mass is 16.5.